The van der Waals surface area contributed by atoms with Crippen molar-refractivity contribution in [1.29, 1.82) is 5.26 Å². The van der Waals surface area contributed by atoms with Crippen LogP contribution in [0.5, 0.6) is 0 Å². The highest BCUT2D eigenvalue weighted by Crippen LogP contribution is 2.37. The number of pyridine rings is 1. The first-order chi connectivity index (χ1) is 15.7. The quantitative estimate of drug-likeness (QED) is 0.307. The van der Waals surface area contributed by atoms with Crippen molar-refractivity contribution in [3.05, 3.63) is 63.6 Å². The second kappa shape index (κ2) is 9.10. The molecule has 5 nitrogen and oxygen atoms in total. The maximum Gasteiger partial charge on any atom is 0.416 e. The molecule has 0 unspecified atom stereocenters. The third kappa shape index (κ3) is 4.44. The summed E-state index contributed by atoms with van der Waals surface area (Å²) < 4.78 is 40.8. The minimum Gasteiger partial charge on any atom is -0.370 e. The van der Waals surface area contributed by atoms with E-state index in [0.29, 0.717) is 56.8 Å². The number of anilines is 1. The zero-order valence-corrected chi connectivity index (χ0v) is 18.9. The van der Waals surface area contributed by atoms with Crippen LogP contribution < -0.4 is 10.6 Å². The number of rotatable bonds is 6. The summed E-state index contributed by atoms with van der Waals surface area (Å²) in [5.74, 6) is 0.609. The lowest BCUT2D eigenvalue weighted by Gasteiger charge is -2.15. The average molecular weight is 492 g/mol. The van der Waals surface area contributed by atoms with Crippen molar-refractivity contribution in [2.24, 2.45) is 0 Å². The number of hydrogen-bond acceptors (Lipinski definition) is 4. The molecule has 33 heavy (non-hydrogen) atoms. The van der Waals surface area contributed by atoms with Gasteiger partial charge in [-0.05, 0) is 42.4 Å². The number of halogens is 5. The highest BCUT2D eigenvalue weighted by Gasteiger charge is 2.30. The van der Waals surface area contributed by atoms with Gasteiger partial charge in [0.1, 0.15) is 23.0 Å². The molecule has 0 spiro atoms. The number of fused-ring (bicyclic) bond motifs is 3. The smallest absolute Gasteiger partial charge is 0.370 e. The Hall–Kier alpha value is -2.99. The lowest BCUT2D eigenvalue weighted by molar-refractivity contribution is -0.137. The van der Waals surface area contributed by atoms with Gasteiger partial charge in [-0.25, -0.2) is 4.98 Å². The number of alkyl halides is 3. The molecule has 0 aliphatic rings. The number of aromatic nitrogens is 2. The summed E-state index contributed by atoms with van der Waals surface area (Å²) in [5.41, 5.74) is 1.80. The number of likely N-dealkylation sites (N-methyl/N-ethyl adjacent to an activating group) is 1. The van der Waals surface area contributed by atoms with Crippen molar-refractivity contribution >= 4 is 45.7 Å². The Morgan fingerprint density at radius 2 is 1.82 bits per heavy atom. The molecule has 0 amide bonds. The van der Waals surface area contributed by atoms with Crippen molar-refractivity contribution < 1.29 is 13.2 Å². The van der Waals surface area contributed by atoms with E-state index in [4.69, 9.17) is 23.2 Å². The molecule has 10 heteroatoms. The Labute approximate surface area is 197 Å². The topological polar surface area (TPSA) is 65.1 Å². The number of nitriles is 1. The first-order valence-electron chi connectivity index (χ1n) is 10.1. The Kier molecular flexibility index (Phi) is 6.39. The van der Waals surface area contributed by atoms with E-state index in [1.807, 2.05) is 6.92 Å². The van der Waals surface area contributed by atoms with Crippen LogP contribution in [-0.4, -0.2) is 29.0 Å². The van der Waals surface area contributed by atoms with Crippen LogP contribution in [0, 0.1) is 11.3 Å². The molecule has 2 heterocycles. The van der Waals surface area contributed by atoms with Crippen LogP contribution in [0.3, 0.4) is 0 Å². The molecular weight excluding hydrogens is 474 g/mol. The van der Waals surface area contributed by atoms with Crippen LogP contribution in [0.4, 0.5) is 19.0 Å². The van der Waals surface area contributed by atoms with E-state index in [9.17, 15) is 18.4 Å². The molecule has 0 aliphatic carbocycles. The van der Waals surface area contributed by atoms with Crippen molar-refractivity contribution in [3.8, 4) is 17.2 Å². The SMILES string of the molecule is CCNCCNc1cc(-c2ccc(C(F)(F)F)cc2)c(C#N)c2nc3c(Cl)cc(Cl)cc3n12. The van der Waals surface area contributed by atoms with Gasteiger partial charge in [0.2, 0.25) is 0 Å². The summed E-state index contributed by atoms with van der Waals surface area (Å²) >= 11 is 12.6. The molecule has 170 valence electrons. The molecule has 4 aromatic rings. The minimum atomic E-state index is -4.45. The van der Waals surface area contributed by atoms with Crippen molar-refractivity contribution in [2.45, 2.75) is 13.1 Å². The number of imidazole rings is 1. The van der Waals surface area contributed by atoms with Crippen LogP contribution in [0.1, 0.15) is 18.1 Å². The molecule has 2 aromatic carbocycles. The highest BCUT2D eigenvalue weighted by atomic mass is 35.5. The van der Waals surface area contributed by atoms with E-state index < -0.39 is 11.7 Å². The molecule has 0 fully saturated rings. The average Bonchev–Trinajstić information content (AvgIpc) is 3.15. The number of benzene rings is 2. The summed E-state index contributed by atoms with van der Waals surface area (Å²) in [7, 11) is 0. The van der Waals surface area contributed by atoms with Gasteiger partial charge in [-0.2, -0.15) is 18.4 Å². The van der Waals surface area contributed by atoms with Crippen LogP contribution in [0.2, 0.25) is 10.0 Å². The third-order valence-corrected chi connectivity index (χ3v) is 5.69. The summed E-state index contributed by atoms with van der Waals surface area (Å²) in [4.78, 5) is 4.59. The van der Waals surface area contributed by atoms with Gasteiger partial charge < -0.3 is 10.6 Å². The summed E-state index contributed by atoms with van der Waals surface area (Å²) in [6, 6.07) is 11.9. The maximum atomic E-state index is 13.0. The minimum absolute atomic E-state index is 0.218. The maximum absolute atomic E-state index is 13.0. The standard InChI is InChI=1S/C23H18Cl2F3N5/c1-2-30-7-8-31-20-11-16(13-3-5-14(6-4-13)23(26,27)28)17(12-29)22-32-21-18(25)9-15(24)10-19(21)33(20)22/h3-6,9-11,30-31H,2,7-8H2,1H3. The van der Waals surface area contributed by atoms with Crippen molar-refractivity contribution in [3.63, 3.8) is 0 Å². The van der Waals surface area contributed by atoms with Gasteiger partial charge in [-0.1, -0.05) is 42.3 Å². The van der Waals surface area contributed by atoms with Crippen LogP contribution >= 0.6 is 23.2 Å². The molecular formula is C23H18Cl2F3N5. The van der Waals surface area contributed by atoms with Crippen molar-refractivity contribution in [1.82, 2.24) is 14.7 Å². The van der Waals surface area contributed by atoms with Crippen LogP contribution in [0.15, 0.2) is 42.5 Å². The Bertz CT molecular complexity index is 1370. The van der Waals surface area contributed by atoms with Crippen molar-refractivity contribution in [2.75, 3.05) is 25.0 Å². The van der Waals surface area contributed by atoms with Gasteiger partial charge in [0.05, 0.1) is 16.1 Å². The molecule has 0 saturated carbocycles. The fourth-order valence-electron chi connectivity index (χ4n) is 3.67. The third-order valence-electron chi connectivity index (χ3n) is 5.19. The van der Waals surface area contributed by atoms with E-state index in [0.717, 1.165) is 18.7 Å². The van der Waals surface area contributed by atoms with E-state index in [2.05, 4.69) is 21.7 Å². The second-order valence-corrected chi connectivity index (χ2v) is 8.16. The Morgan fingerprint density at radius 1 is 1.09 bits per heavy atom. The molecule has 4 rings (SSSR count). The Morgan fingerprint density at radius 3 is 2.45 bits per heavy atom. The number of hydrogen-bond donors (Lipinski definition) is 2. The van der Waals surface area contributed by atoms with Gasteiger partial charge in [-0.15, -0.1) is 0 Å². The molecule has 0 aliphatic heterocycles. The predicted molar refractivity (Wildman–Crippen MR) is 125 cm³/mol. The van der Waals surface area contributed by atoms with Gasteiger partial charge in [0.25, 0.3) is 0 Å². The summed E-state index contributed by atoms with van der Waals surface area (Å²) in [6.07, 6.45) is -4.45. The molecule has 2 aromatic heterocycles. The van der Waals surface area contributed by atoms with E-state index in [-0.39, 0.29) is 5.56 Å². The van der Waals surface area contributed by atoms with Crippen LogP contribution in [0.25, 0.3) is 27.8 Å². The lowest BCUT2D eigenvalue weighted by Crippen LogP contribution is -2.22. The number of nitrogens with one attached hydrogen (secondary N) is 2. The van der Waals surface area contributed by atoms with Gasteiger partial charge in [-0.3, -0.25) is 4.40 Å². The van der Waals surface area contributed by atoms with E-state index in [1.54, 1.807) is 22.6 Å². The highest BCUT2D eigenvalue weighted by molar-refractivity contribution is 6.38. The van der Waals surface area contributed by atoms with E-state index >= 15 is 0 Å². The lowest BCUT2D eigenvalue weighted by atomic mass is 10.00. The fraction of sp³-hybridized carbons (Fsp3) is 0.217. The molecule has 0 saturated heterocycles. The largest absolute Gasteiger partial charge is 0.416 e. The predicted octanol–water partition coefficient (Wildman–Crippen LogP) is 6.37. The Balaban J connectivity index is 1.96. The monoisotopic (exact) mass is 491 g/mol. The molecule has 0 radical (unpaired) electrons. The van der Waals surface area contributed by atoms with Crippen LogP contribution in [-0.2, 0) is 6.18 Å². The summed E-state index contributed by atoms with van der Waals surface area (Å²) in [5, 5.41) is 17.3. The molecule has 2 N–H and O–H groups in total. The fourth-order valence-corrected chi connectivity index (χ4v) is 4.20. The van der Waals surface area contributed by atoms with Gasteiger partial charge in [0.15, 0.2) is 5.65 Å². The first-order valence-corrected chi connectivity index (χ1v) is 10.9. The zero-order valence-electron chi connectivity index (χ0n) is 17.4. The summed E-state index contributed by atoms with van der Waals surface area (Å²) in [6.45, 7) is 4.05. The molecule has 0 bridgehead atoms. The van der Waals surface area contributed by atoms with E-state index in [1.165, 1.54) is 12.1 Å². The second-order valence-electron chi connectivity index (χ2n) is 7.31. The van der Waals surface area contributed by atoms with Gasteiger partial charge in [0, 0.05) is 23.7 Å². The number of nitrogens with zero attached hydrogens (tertiary/aromatic N) is 3. The first kappa shape index (κ1) is 23.2. The zero-order chi connectivity index (χ0) is 23.8. The molecule has 0 atom stereocenters. The normalized spacial score (nSPS) is 11.8. The van der Waals surface area contributed by atoms with Gasteiger partial charge >= 0.3 is 6.18 Å².